The van der Waals surface area contributed by atoms with Crippen molar-refractivity contribution in [2.45, 2.75) is 25.4 Å². The van der Waals surface area contributed by atoms with Crippen molar-refractivity contribution < 1.29 is 13.9 Å². The molecule has 1 aromatic rings. The number of hydrogen-bond donors (Lipinski definition) is 3. The zero-order valence-corrected chi connectivity index (χ0v) is 14.2. The van der Waals surface area contributed by atoms with Gasteiger partial charge < -0.3 is 20.7 Å². The van der Waals surface area contributed by atoms with E-state index in [1.54, 1.807) is 19.2 Å². The standard InChI is InChI=1S/C17H25FN4O2/c1-17(8-5-11-24-17)12-22-16(19-2)21-10-9-20-15(23)13-6-3-4-7-14(13)18/h3-4,6-7H,5,8-12H2,1-2H3,(H,20,23)(H2,19,21,22). The lowest BCUT2D eigenvalue weighted by Gasteiger charge is -2.24. The fraction of sp³-hybridized carbons (Fsp3) is 0.529. The number of guanidine groups is 1. The molecule has 0 saturated carbocycles. The maximum absolute atomic E-state index is 13.5. The van der Waals surface area contributed by atoms with Crippen LogP contribution in [0.25, 0.3) is 0 Å². The van der Waals surface area contributed by atoms with Crippen molar-refractivity contribution in [2.24, 2.45) is 4.99 Å². The normalized spacial score (nSPS) is 20.7. The van der Waals surface area contributed by atoms with Crippen molar-refractivity contribution in [3.8, 4) is 0 Å². The third-order valence-corrected chi connectivity index (χ3v) is 3.98. The quantitative estimate of drug-likeness (QED) is 0.416. The summed E-state index contributed by atoms with van der Waals surface area (Å²) in [5, 5.41) is 9.00. The van der Waals surface area contributed by atoms with Crippen molar-refractivity contribution in [1.82, 2.24) is 16.0 Å². The average molecular weight is 336 g/mol. The van der Waals surface area contributed by atoms with Crippen LogP contribution in [0, 0.1) is 5.82 Å². The topological polar surface area (TPSA) is 74.8 Å². The van der Waals surface area contributed by atoms with Crippen molar-refractivity contribution in [3.63, 3.8) is 0 Å². The van der Waals surface area contributed by atoms with Gasteiger partial charge in [-0.2, -0.15) is 0 Å². The number of ether oxygens (including phenoxy) is 1. The van der Waals surface area contributed by atoms with Gasteiger partial charge in [0, 0.05) is 33.3 Å². The van der Waals surface area contributed by atoms with E-state index in [2.05, 4.69) is 27.9 Å². The van der Waals surface area contributed by atoms with E-state index in [1.807, 2.05) is 0 Å². The molecular formula is C17H25FN4O2. The van der Waals surface area contributed by atoms with Gasteiger partial charge in [-0.3, -0.25) is 9.79 Å². The zero-order chi connectivity index (χ0) is 17.4. The van der Waals surface area contributed by atoms with Crippen LogP contribution in [0.1, 0.15) is 30.1 Å². The number of carbonyl (C=O) groups excluding carboxylic acids is 1. The highest BCUT2D eigenvalue weighted by molar-refractivity contribution is 5.94. The van der Waals surface area contributed by atoms with Gasteiger partial charge in [0.05, 0.1) is 11.2 Å². The van der Waals surface area contributed by atoms with E-state index in [-0.39, 0.29) is 11.2 Å². The van der Waals surface area contributed by atoms with Crippen LogP contribution in [-0.4, -0.2) is 50.8 Å². The lowest BCUT2D eigenvalue weighted by molar-refractivity contribution is 0.0243. The van der Waals surface area contributed by atoms with E-state index in [4.69, 9.17) is 4.74 Å². The summed E-state index contributed by atoms with van der Waals surface area (Å²) in [6.45, 7) is 4.40. The molecule has 0 radical (unpaired) electrons. The Hall–Kier alpha value is -2.15. The van der Waals surface area contributed by atoms with Crippen LogP contribution in [-0.2, 0) is 4.74 Å². The van der Waals surface area contributed by atoms with E-state index < -0.39 is 11.7 Å². The molecule has 2 rings (SSSR count). The molecule has 1 amide bonds. The molecule has 132 valence electrons. The van der Waals surface area contributed by atoms with Crippen LogP contribution in [0.3, 0.4) is 0 Å². The molecule has 1 aliphatic heterocycles. The molecule has 24 heavy (non-hydrogen) atoms. The Balaban J connectivity index is 1.68. The third kappa shape index (κ3) is 5.19. The van der Waals surface area contributed by atoms with E-state index in [0.717, 1.165) is 19.4 Å². The molecule has 1 unspecified atom stereocenters. The van der Waals surface area contributed by atoms with Gasteiger partial charge in [0.1, 0.15) is 5.82 Å². The zero-order valence-electron chi connectivity index (χ0n) is 14.2. The van der Waals surface area contributed by atoms with Crippen molar-refractivity contribution >= 4 is 11.9 Å². The Labute approximate surface area is 141 Å². The number of hydrogen-bond acceptors (Lipinski definition) is 3. The van der Waals surface area contributed by atoms with E-state index in [9.17, 15) is 9.18 Å². The first-order valence-corrected chi connectivity index (χ1v) is 8.15. The SMILES string of the molecule is CN=C(NCCNC(=O)c1ccccc1F)NCC1(C)CCCO1. The maximum Gasteiger partial charge on any atom is 0.254 e. The molecule has 0 bridgehead atoms. The van der Waals surface area contributed by atoms with Crippen LogP contribution in [0.4, 0.5) is 4.39 Å². The lowest BCUT2D eigenvalue weighted by atomic mass is 10.0. The number of halogens is 1. The second kappa shape index (κ2) is 8.63. The average Bonchev–Trinajstić information content (AvgIpc) is 3.01. The van der Waals surface area contributed by atoms with Gasteiger partial charge in [-0.15, -0.1) is 0 Å². The van der Waals surface area contributed by atoms with Crippen molar-refractivity contribution in [2.75, 3.05) is 33.3 Å². The molecule has 3 N–H and O–H groups in total. The summed E-state index contributed by atoms with van der Waals surface area (Å²) < 4.78 is 19.2. The Morgan fingerprint density at radius 3 is 2.71 bits per heavy atom. The van der Waals surface area contributed by atoms with Gasteiger partial charge in [-0.05, 0) is 31.9 Å². The van der Waals surface area contributed by atoms with Crippen LogP contribution in [0.2, 0.25) is 0 Å². The van der Waals surface area contributed by atoms with Gasteiger partial charge in [-0.1, -0.05) is 12.1 Å². The minimum Gasteiger partial charge on any atom is -0.373 e. The van der Waals surface area contributed by atoms with E-state index in [0.29, 0.717) is 25.6 Å². The summed E-state index contributed by atoms with van der Waals surface area (Å²) in [5.41, 5.74) is -0.109. The molecular weight excluding hydrogens is 311 g/mol. The fourth-order valence-electron chi connectivity index (χ4n) is 2.57. The Morgan fingerprint density at radius 1 is 1.29 bits per heavy atom. The number of benzene rings is 1. The second-order valence-electron chi connectivity index (χ2n) is 5.99. The van der Waals surface area contributed by atoms with Gasteiger partial charge in [0.2, 0.25) is 0 Å². The summed E-state index contributed by atoms with van der Waals surface area (Å²) in [4.78, 5) is 16.0. The molecule has 1 heterocycles. The van der Waals surface area contributed by atoms with Crippen LogP contribution < -0.4 is 16.0 Å². The highest BCUT2D eigenvalue weighted by Gasteiger charge is 2.29. The summed E-state index contributed by atoms with van der Waals surface area (Å²) in [7, 11) is 1.69. The number of rotatable bonds is 6. The van der Waals surface area contributed by atoms with Crippen LogP contribution in [0.15, 0.2) is 29.3 Å². The monoisotopic (exact) mass is 336 g/mol. The number of nitrogens with one attached hydrogen (secondary N) is 3. The van der Waals surface area contributed by atoms with Gasteiger partial charge in [0.15, 0.2) is 5.96 Å². The molecule has 1 saturated heterocycles. The molecule has 0 aromatic heterocycles. The number of carbonyl (C=O) groups is 1. The molecule has 1 aromatic carbocycles. The van der Waals surface area contributed by atoms with E-state index >= 15 is 0 Å². The molecule has 1 atom stereocenters. The maximum atomic E-state index is 13.5. The second-order valence-corrected chi connectivity index (χ2v) is 5.99. The van der Waals surface area contributed by atoms with Crippen LogP contribution in [0.5, 0.6) is 0 Å². The molecule has 1 aliphatic rings. The summed E-state index contributed by atoms with van der Waals surface area (Å²) in [5.74, 6) is -0.304. The predicted octanol–water partition coefficient (Wildman–Crippen LogP) is 1.29. The van der Waals surface area contributed by atoms with E-state index in [1.165, 1.54) is 12.1 Å². The molecule has 6 nitrogen and oxygen atoms in total. The molecule has 0 aliphatic carbocycles. The third-order valence-electron chi connectivity index (χ3n) is 3.98. The highest BCUT2D eigenvalue weighted by atomic mass is 19.1. The first-order chi connectivity index (χ1) is 11.5. The number of amides is 1. The first-order valence-electron chi connectivity index (χ1n) is 8.15. The summed E-state index contributed by atoms with van der Waals surface area (Å²) in [6, 6.07) is 5.91. The number of nitrogens with zero attached hydrogens (tertiary/aromatic N) is 1. The van der Waals surface area contributed by atoms with Crippen molar-refractivity contribution in [1.29, 1.82) is 0 Å². The van der Waals surface area contributed by atoms with Gasteiger partial charge in [-0.25, -0.2) is 4.39 Å². The minimum absolute atomic E-state index is 0.0475. The fourth-order valence-corrected chi connectivity index (χ4v) is 2.57. The Bertz CT molecular complexity index is 586. The van der Waals surface area contributed by atoms with Gasteiger partial charge >= 0.3 is 0 Å². The largest absolute Gasteiger partial charge is 0.373 e. The highest BCUT2D eigenvalue weighted by Crippen LogP contribution is 2.23. The smallest absolute Gasteiger partial charge is 0.254 e. The first kappa shape index (κ1) is 18.2. The minimum atomic E-state index is -0.523. The molecule has 0 spiro atoms. The Morgan fingerprint density at radius 2 is 2.04 bits per heavy atom. The Kier molecular flexibility index (Phi) is 6.54. The number of aliphatic imine (C=N–C) groups is 1. The predicted molar refractivity (Wildman–Crippen MR) is 91.7 cm³/mol. The van der Waals surface area contributed by atoms with Gasteiger partial charge in [0.25, 0.3) is 5.91 Å². The molecule has 7 heteroatoms. The van der Waals surface area contributed by atoms with Crippen LogP contribution >= 0.6 is 0 Å². The summed E-state index contributed by atoms with van der Waals surface area (Å²) in [6.07, 6.45) is 2.10. The molecule has 1 fully saturated rings. The lowest BCUT2D eigenvalue weighted by Crippen LogP contribution is -2.47. The summed E-state index contributed by atoms with van der Waals surface area (Å²) >= 11 is 0. The van der Waals surface area contributed by atoms with Crippen molar-refractivity contribution in [3.05, 3.63) is 35.6 Å².